The summed E-state index contributed by atoms with van der Waals surface area (Å²) in [5.74, 6) is -0.116. The predicted octanol–water partition coefficient (Wildman–Crippen LogP) is 4.78. The highest BCUT2D eigenvalue weighted by Gasteiger charge is 2.09. The molecule has 22 heavy (non-hydrogen) atoms. The van der Waals surface area contributed by atoms with Gasteiger partial charge in [-0.15, -0.1) is 0 Å². The van der Waals surface area contributed by atoms with Gasteiger partial charge in [0, 0.05) is 23.6 Å². The van der Waals surface area contributed by atoms with Crippen LogP contribution >= 0.6 is 0 Å². The van der Waals surface area contributed by atoms with E-state index in [0.717, 1.165) is 11.3 Å². The Morgan fingerprint density at radius 2 is 1.55 bits per heavy atom. The molecule has 2 aromatic rings. The lowest BCUT2D eigenvalue weighted by atomic mass is 9.91. The van der Waals surface area contributed by atoms with Gasteiger partial charge in [0.15, 0.2) is 0 Å². The minimum atomic E-state index is -0.116. The van der Waals surface area contributed by atoms with Crippen LogP contribution in [0.15, 0.2) is 54.9 Å². The lowest BCUT2D eigenvalue weighted by Crippen LogP contribution is -2.11. The van der Waals surface area contributed by atoms with Crippen LogP contribution in [0.5, 0.6) is 0 Å². The number of anilines is 1. The minimum Gasteiger partial charge on any atom is -0.322 e. The highest BCUT2D eigenvalue weighted by molar-refractivity contribution is 6.04. The first kappa shape index (κ1) is 16.0. The number of nitrogens with zero attached hydrogens (tertiary/aromatic N) is 1. The average Bonchev–Trinajstić information content (AvgIpc) is 2.46. The molecule has 1 amide bonds. The molecule has 0 radical (unpaired) electrons. The van der Waals surface area contributed by atoms with Crippen molar-refractivity contribution in [1.82, 2.24) is 4.98 Å². The molecule has 0 aliphatic carbocycles. The summed E-state index contributed by atoms with van der Waals surface area (Å²) in [6.45, 7) is 8.62. The summed E-state index contributed by atoms with van der Waals surface area (Å²) < 4.78 is 0. The zero-order valence-electron chi connectivity index (χ0n) is 13.6. The zero-order valence-corrected chi connectivity index (χ0v) is 13.6. The summed E-state index contributed by atoms with van der Waals surface area (Å²) in [7, 11) is 0. The monoisotopic (exact) mass is 294 g/mol. The maximum Gasteiger partial charge on any atom is 0.255 e. The minimum absolute atomic E-state index is 0.116. The van der Waals surface area contributed by atoms with Crippen LogP contribution in [-0.4, -0.2) is 10.9 Å². The molecule has 1 heterocycles. The molecular formula is C19H22N2O. The largest absolute Gasteiger partial charge is 0.322 e. The fourth-order valence-corrected chi connectivity index (χ4v) is 2.26. The molecule has 0 saturated heterocycles. The van der Waals surface area contributed by atoms with Crippen molar-refractivity contribution in [2.24, 2.45) is 5.41 Å². The average molecular weight is 294 g/mol. The number of carbonyl (C=O) groups is 1. The molecule has 1 aromatic heterocycles. The molecular weight excluding hydrogens is 272 g/mol. The van der Waals surface area contributed by atoms with Crippen LogP contribution in [0.3, 0.4) is 0 Å². The summed E-state index contributed by atoms with van der Waals surface area (Å²) in [5.41, 5.74) is 3.88. The fraction of sp³-hybridized carbons (Fsp3) is 0.263. The molecule has 3 heteroatoms. The van der Waals surface area contributed by atoms with E-state index in [1.54, 1.807) is 24.5 Å². The van der Waals surface area contributed by atoms with E-state index in [9.17, 15) is 4.79 Å². The van der Waals surface area contributed by atoms with E-state index < -0.39 is 0 Å². The Morgan fingerprint density at radius 3 is 2.09 bits per heavy atom. The number of nitrogens with one attached hydrogen (secondary N) is 1. The Labute approximate surface area is 132 Å². The van der Waals surface area contributed by atoms with Crippen LogP contribution in [0.25, 0.3) is 5.57 Å². The van der Waals surface area contributed by atoms with E-state index >= 15 is 0 Å². The van der Waals surface area contributed by atoms with Crippen LogP contribution in [0.4, 0.5) is 5.69 Å². The van der Waals surface area contributed by atoms with Gasteiger partial charge >= 0.3 is 0 Å². The van der Waals surface area contributed by atoms with Gasteiger partial charge in [-0.1, -0.05) is 39.0 Å². The number of aromatic nitrogens is 1. The lowest BCUT2D eigenvalue weighted by Gasteiger charge is -2.14. The molecule has 2 rings (SSSR count). The summed E-state index contributed by atoms with van der Waals surface area (Å²) >= 11 is 0. The molecule has 1 aromatic carbocycles. The predicted molar refractivity (Wildman–Crippen MR) is 91.7 cm³/mol. The van der Waals surface area contributed by atoms with E-state index in [1.807, 2.05) is 24.3 Å². The molecule has 1 N–H and O–H groups in total. The van der Waals surface area contributed by atoms with Gasteiger partial charge in [-0.25, -0.2) is 0 Å². The van der Waals surface area contributed by atoms with Gasteiger partial charge in [-0.2, -0.15) is 0 Å². The molecule has 0 unspecified atom stereocenters. The standard InChI is InChI=1S/C19H22N2O/c1-14(13-19(2,3)4)15-5-7-16(8-6-15)18(22)21-17-9-11-20-12-10-17/h5-13H,1-4H3,(H,20,21,22). The first-order chi connectivity index (χ1) is 10.3. The Hall–Kier alpha value is -2.42. The Balaban J connectivity index is 2.12. The molecule has 0 aliphatic rings. The second kappa shape index (κ2) is 6.56. The van der Waals surface area contributed by atoms with Crippen molar-refractivity contribution in [3.8, 4) is 0 Å². The van der Waals surface area contributed by atoms with E-state index in [2.05, 4.69) is 44.1 Å². The molecule has 0 atom stereocenters. The topological polar surface area (TPSA) is 42.0 Å². The van der Waals surface area contributed by atoms with Crippen molar-refractivity contribution >= 4 is 17.2 Å². The van der Waals surface area contributed by atoms with E-state index in [0.29, 0.717) is 5.56 Å². The van der Waals surface area contributed by atoms with Gasteiger partial charge in [0.05, 0.1) is 0 Å². The third-order valence-electron chi connectivity index (χ3n) is 3.19. The first-order valence-corrected chi connectivity index (χ1v) is 7.36. The summed E-state index contributed by atoms with van der Waals surface area (Å²) in [5, 5.41) is 2.85. The van der Waals surface area contributed by atoms with E-state index in [4.69, 9.17) is 0 Å². The van der Waals surface area contributed by atoms with Gasteiger partial charge in [0.2, 0.25) is 0 Å². The van der Waals surface area contributed by atoms with Crippen molar-refractivity contribution in [2.75, 3.05) is 5.32 Å². The molecule has 114 valence electrons. The summed E-state index contributed by atoms with van der Waals surface area (Å²) in [6, 6.07) is 11.2. The number of carbonyl (C=O) groups excluding carboxylic acids is 1. The molecule has 0 bridgehead atoms. The molecule has 0 spiro atoms. The van der Waals surface area contributed by atoms with Gasteiger partial charge in [-0.05, 0) is 47.7 Å². The molecule has 0 aliphatic heterocycles. The van der Waals surface area contributed by atoms with Gasteiger partial charge in [-0.3, -0.25) is 9.78 Å². The highest BCUT2D eigenvalue weighted by Crippen LogP contribution is 2.23. The number of hydrogen-bond acceptors (Lipinski definition) is 2. The Morgan fingerprint density at radius 1 is 1.00 bits per heavy atom. The number of amides is 1. The van der Waals surface area contributed by atoms with E-state index in [-0.39, 0.29) is 11.3 Å². The highest BCUT2D eigenvalue weighted by atomic mass is 16.1. The van der Waals surface area contributed by atoms with Crippen molar-refractivity contribution in [3.05, 3.63) is 66.0 Å². The third kappa shape index (κ3) is 4.55. The number of pyridine rings is 1. The van der Waals surface area contributed by atoms with Crippen LogP contribution in [-0.2, 0) is 0 Å². The third-order valence-corrected chi connectivity index (χ3v) is 3.19. The van der Waals surface area contributed by atoms with Crippen LogP contribution < -0.4 is 5.32 Å². The SMILES string of the molecule is CC(=CC(C)(C)C)c1ccc(C(=O)Nc2ccncc2)cc1. The first-order valence-electron chi connectivity index (χ1n) is 7.36. The summed E-state index contributed by atoms with van der Waals surface area (Å²) in [6.07, 6.45) is 5.54. The van der Waals surface area contributed by atoms with Crippen molar-refractivity contribution in [3.63, 3.8) is 0 Å². The second-order valence-electron chi connectivity index (χ2n) is 6.46. The Bertz CT molecular complexity index is 665. The number of hydrogen-bond donors (Lipinski definition) is 1. The fourth-order valence-electron chi connectivity index (χ4n) is 2.26. The van der Waals surface area contributed by atoms with Crippen molar-refractivity contribution in [2.45, 2.75) is 27.7 Å². The second-order valence-corrected chi connectivity index (χ2v) is 6.46. The number of benzene rings is 1. The molecule has 0 saturated carbocycles. The van der Waals surface area contributed by atoms with Crippen molar-refractivity contribution < 1.29 is 4.79 Å². The molecule has 3 nitrogen and oxygen atoms in total. The summed E-state index contributed by atoms with van der Waals surface area (Å²) in [4.78, 5) is 16.1. The van der Waals surface area contributed by atoms with Gasteiger partial charge in [0.25, 0.3) is 5.91 Å². The van der Waals surface area contributed by atoms with Gasteiger partial charge < -0.3 is 5.32 Å². The van der Waals surface area contributed by atoms with E-state index in [1.165, 1.54) is 5.57 Å². The van der Waals surface area contributed by atoms with Crippen LogP contribution in [0.2, 0.25) is 0 Å². The van der Waals surface area contributed by atoms with Crippen LogP contribution in [0, 0.1) is 5.41 Å². The molecule has 0 fully saturated rings. The van der Waals surface area contributed by atoms with Gasteiger partial charge in [0.1, 0.15) is 0 Å². The van der Waals surface area contributed by atoms with Crippen LogP contribution in [0.1, 0.15) is 43.6 Å². The smallest absolute Gasteiger partial charge is 0.255 e. The zero-order chi connectivity index (χ0) is 16.2. The number of allylic oxidation sites excluding steroid dienone is 2. The maximum absolute atomic E-state index is 12.2. The van der Waals surface area contributed by atoms with Crippen molar-refractivity contribution in [1.29, 1.82) is 0 Å². The lowest BCUT2D eigenvalue weighted by molar-refractivity contribution is 0.102. The maximum atomic E-state index is 12.2. The normalized spacial score (nSPS) is 12.1. The quantitative estimate of drug-likeness (QED) is 0.884. The number of rotatable bonds is 3. The Kier molecular flexibility index (Phi) is 4.76.